The standard InChI is InChI=1S/C20H27N3O5S3/c1-16(2)14-21-19(24)15-23(31(27,28)20-9-6-12-29-20)17-7-5-8-18(13-17)30(25,26)22-10-3-4-11-22/h5-9,12-13,16H,3-4,10-11,14-15H2,1-2H3,(H,21,24). The monoisotopic (exact) mass is 485 g/mol. The Morgan fingerprint density at radius 3 is 2.45 bits per heavy atom. The lowest BCUT2D eigenvalue weighted by molar-refractivity contribution is -0.119. The second-order valence-corrected chi connectivity index (χ2v) is 12.7. The molecule has 8 nitrogen and oxygen atoms in total. The third kappa shape index (κ3) is 5.46. The van der Waals surface area contributed by atoms with Gasteiger partial charge in [0, 0.05) is 19.6 Å². The predicted molar refractivity (Wildman–Crippen MR) is 121 cm³/mol. The van der Waals surface area contributed by atoms with Crippen LogP contribution in [0.15, 0.2) is 50.9 Å². The smallest absolute Gasteiger partial charge is 0.274 e. The van der Waals surface area contributed by atoms with Gasteiger partial charge in [-0.15, -0.1) is 11.3 Å². The van der Waals surface area contributed by atoms with Gasteiger partial charge in [0.15, 0.2) is 0 Å². The number of rotatable bonds is 9. The summed E-state index contributed by atoms with van der Waals surface area (Å²) < 4.78 is 55.0. The first-order valence-corrected chi connectivity index (χ1v) is 13.8. The number of carbonyl (C=O) groups is 1. The molecule has 0 bridgehead atoms. The molecular formula is C20H27N3O5S3. The molecule has 1 aromatic carbocycles. The summed E-state index contributed by atoms with van der Waals surface area (Å²) in [4.78, 5) is 12.5. The molecular weight excluding hydrogens is 458 g/mol. The van der Waals surface area contributed by atoms with Crippen molar-refractivity contribution in [2.45, 2.75) is 35.8 Å². The van der Waals surface area contributed by atoms with Crippen LogP contribution in [0, 0.1) is 5.92 Å². The average Bonchev–Trinajstić information content (AvgIpc) is 3.45. The molecule has 0 aliphatic carbocycles. The molecule has 0 unspecified atom stereocenters. The summed E-state index contributed by atoms with van der Waals surface area (Å²) >= 11 is 1.04. The molecule has 1 amide bonds. The average molecular weight is 486 g/mol. The van der Waals surface area contributed by atoms with E-state index < -0.39 is 32.5 Å². The van der Waals surface area contributed by atoms with E-state index in [-0.39, 0.29) is 20.7 Å². The third-order valence-corrected chi connectivity index (χ3v) is 9.88. The van der Waals surface area contributed by atoms with Crippen molar-refractivity contribution in [1.82, 2.24) is 9.62 Å². The van der Waals surface area contributed by atoms with Gasteiger partial charge >= 0.3 is 0 Å². The molecule has 2 heterocycles. The van der Waals surface area contributed by atoms with Gasteiger partial charge < -0.3 is 5.32 Å². The third-order valence-electron chi connectivity index (χ3n) is 4.84. The zero-order chi connectivity index (χ0) is 22.6. The van der Waals surface area contributed by atoms with Gasteiger partial charge in [-0.3, -0.25) is 9.10 Å². The highest BCUT2D eigenvalue weighted by atomic mass is 32.2. The van der Waals surface area contributed by atoms with Gasteiger partial charge in [-0.1, -0.05) is 26.0 Å². The lowest BCUT2D eigenvalue weighted by atomic mass is 10.2. The quantitative estimate of drug-likeness (QED) is 0.588. The van der Waals surface area contributed by atoms with E-state index in [0.717, 1.165) is 28.5 Å². The van der Waals surface area contributed by atoms with Gasteiger partial charge in [-0.25, -0.2) is 16.8 Å². The number of thiophene rings is 1. The number of sulfonamides is 2. The minimum absolute atomic E-state index is 0.0147. The molecule has 1 fully saturated rings. The Bertz CT molecular complexity index is 1110. The van der Waals surface area contributed by atoms with Crippen LogP contribution in [-0.4, -0.2) is 53.2 Å². The van der Waals surface area contributed by atoms with Crippen LogP contribution in [0.4, 0.5) is 5.69 Å². The number of anilines is 1. The van der Waals surface area contributed by atoms with Crippen molar-refractivity contribution in [3.05, 3.63) is 41.8 Å². The van der Waals surface area contributed by atoms with Gasteiger partial charge in [0.2, 0.25) is 15.9 Å². The Balaban J connectivity index is 1.98. The molecule has 1 N–H and O–H groups in total. The number of nitrogens with one attached hydrogen (secondary N) is 1. The van der Waals surface area contributed by atoms with Crippen LogP contribution in [-0.2, 0) is 24.8 Å². The van der Waals surface area contributed by atoms with Crippen LogP contribution in [0.25, 0.3) is 0 Å². The number of nitrogens with zero attached hydrogens (tertiary/aromatic N) is 2. The minimum Gasteiger partial charge on any atom is -0.354 e. The zero-order valence-corrected chi connectivity index (χ0v) is 20.0. The van der Waals surface area contributed by atoms with Gasteiger partial charge in [0.25, 0.3) is 10.0 Å². The summed E-state index contributed by atoms with van der Waals surface area (Å²) in [7, 11) is -7.77. The number of carbonyl (C=O) groups excluding carboxylic acids is 1. The maximum absolute atomic E-state index is 13.3. The predicted octanol–water partition coefficient (Wildman–Crippen LogP) is 2.50. The maximum atomic E-state index is 13.3. The number of hydrogen-bond acceptors (Lipinski definition) is 6. The molecule has 1 aromatic heterocycles. The van der Waals surface area contributed by atoms with Crippen LogP contribution in [0.3, 0.4) is 0 Å². The van der Waals surface area contributed by atoms with Crippen molar-refractivity contribution in [1.29, 1.82) is 0 Å². The van der Waals surface area contributed by atoms with Crippen LogP contribution in [0.1, 0.15) is 26.7 Å². The zero-order valence-electron chi connectivity index (χ0n) is 17.5. The Hall–Kier alpha value is -1.95. The van der Waals surface area contributed by atoms with E-state index in [2.05, 4.69) is 5.32 Å². The summed E-state index contributed by atoms with van der Waals surface area (Å²) in [5.41, 5.74) is 0.133. The first kappa shape index (κ1) is 23.7. The molecule has 1 aliphatic heterocycles. The number of amides is 1. The van der Waals surface area contributed by atoms with Gasteiger partial charge in [0.1, 0.15) is 10.8 Å². The van der Waals surface area contributed by atoms with E-state index in [0.29, 0.717) is 19.6 Å². The van der Waals surface area contributed by atoms with E-state index in [1.165, 1.54) is 34.6 Å². The van der Waals surface area contributed by atoms with Crippen LogP contribution >= 0.6 is 11.3 Å². The summed E-state index contributed by atoms with van der Waals surface area (Å²) in [5, 5.41) is 4.36. The summed E-state index contributed by atoms with van der Waals surface area (Å²) in [6, 6.07) is 8.86. The summed E-state index contributed by atoms with van der Waals surface area (Å²) in [6.07, 6.45) is 1.60. The van der Waals surface area contributed by atoms with Crippen molar-refractivity contribution in [2.75, 3.05) is 30.5 Å². The molecule has 0 spiro atoms. The van der Waals surface area contributed by atoms with Crippen molar-refractivity contribution < 1.29 is 21.6 Å². The van der Waals surface area contributed by atoms with Crippen LogP contribution in [0.5, 0.6) is 0 Å². The molecule has 3 rings (SSSR count). The van der Waals surface area contributed by atoms with Crippen molar-refractivity contribution in [3.63, 3.8) is 0 Å². The van der Waals surface area contributed by atoms with Crippen LogP contribution in [0.2, 0.25) is 0 Å². The van der Waals surface area contributed by atoms with Crippen molar-refractivity contribution >= 4 is 43.0 Å². The highest BCUT2D eigenvalue weighted by molar-refractivity contribution is 7.94. The van der Waals surface area contributed by atoms with Crippen molar-refractivity contribution in [2.24, 2.45) is 5.92 Å². The lowest BCUT2D eigenvalue weighted by Gasteiger charge is -2.24. The molecule has 170 valence electrons. The molecule has 0 atom stereocenters. The summed E-state index contributed by atoms with van der Waals surface area (Å²) in [6.45, 7) is 4.73. The molecule has 0 saturated carbocycles. The first-order chi connectivity index (χ1) is 14.6. The molecule has 1 aliphatic rings. The molecule has 2 aromatic rings. The van der Waals surface area contributed by atoms with E-state index in [9.17, 15) is 21.6 Å². The second kappa shape index (κ2) is 9.68. The van der Waals surface area contributed by atoms with Crippen molar-refractivity contribution in [3.8, 4) is 0 Å². The molecule has 11 heteroatoms. The van der Waals surface area contributed by atoms with E-state index in [1.807, 2.05) is 13.8 Å². The van der Waals surface area contributed by atoms with Gasteiger partial charge in [-0.2, -0.15) is 4.31 Å². The summed E-state index contributed by atoms with van der Waals surface area (Å²) in [5.74, 6) is -0.248. The highest BCUT2D eigenvalue weighted by Crippen LogP contribution is 2.29. The largest absolute Gasteiger partial charge is 0.354 e. The Morgan fingerprint density at radius 1 is 1.13 bits per heavy atom. The first-order valence-electron chi connectivity index (χ1n) is 10.1. The molecule has 31 heavy (non-hydrogen) atoms. The highest BCUT2D eigenvalue weighted by Gasteiger charge is 2.31. The Labute approximate surface area is 188 Å². The fourth-order valence-corrected chi connectivity index (χ4v) is 7.29. The number of hydrogen-bond donors (Lipinski definition) is 1. The van der Waals surface area contributed by atoms with Gasteiger partial charge in [0.05, 0.1) is 10.6 Å². The topological polar surface area (TPSA) is 104 Å². The second-order valence-electron chi connectivity index (χ2n) is 7.75. The number of benzene rings is 1. The Kier molecular flexibility index (Phi) is 7.40. The normalized spacial score (nSPS) is 15.3. The van der Waals surface area contributed by atoms with E-state index >= 15 is 0 Å². The van der Waals surface area contributed by atoms with Gasteiger partial charge in [-0.05, 0) is 48.4 Å². The van der Waals surface area contributed by atoms with Crippen LogP contribution < -0.4 is 9.62 Å². The fraction of sp³-hybridized carbons (Fsp3) is 0.450. The van der Waals surface area contributed by atoms with E-state index in [1.54, 1.807) is 11.4 Å². The lowest BCUT2D eigenvalue weighted by Crippen LogP contribution is -2.41. The SMILES string of the molecule is CC(C)CNC(=O)CN(c1cccc(S(=O)(=O)N2CCCC2)c1)S(=O)(=O)c1cccs1. The maximum Gasteiger partial charge on any atom is 0.274 e. The molecule has 1 saturated heterocycles. The fourth-order valence-electron chi connectivity index (χ4n) is 3.21. The minimum atomic E-state index is -4.04. The van der Waals surface area contributed by atoms with E-state index in [4.69, 9.17) is 0 Å². The Morgan fingerprint density at radius 2 is 1.84 bits per heavy atom. The molecule has 0 radical (unpaired) electrons.